The zero-order chi connectivity index (χ0) is 25.5. The Morgan fingerprint density at radius 3 is 2.31 bits per heavy atom. The molecule has 0 aliphatic carbocycles. The maximum Gasteiger partial charge on any atom is 0.199 e. The first kappa shape index (κ1) is 24.6. The van der Waals surface area contributed by atoms with E-state index in [-0.39, 0.29) is 0 Å². The summed E-state index contributed by atoms with van der Waals surface area (Å²) in [6.45, 7) is 2.04. The molecule has 0 spiro atoms. The van der Waals surface area contributed by atoms with E-state index in [0.717, 1.165) is 28.3 Å². The van der Waals surface area contributed by atoms with Gasteiger partial charge in [-0.05, 0) is 43.3 Å². The highest BCUT2D eigenvalue weighted by atomic mass is 32.1. The maximum atomic E-state index is 9.94. The lowest BCUT2D eigenvalue weighted by molar-refractivity contribution is 0.414. The third-order valence-electron chi connectivity index (χ3n) is 5.15. The van der Waals surface area contributed by atoms with Crippen LogP contribution < -0.4 is 9.54 Å². The fraction of sp³-hybridized carbons (Fsp3) is 0.143. The zero-order valence-corrected chi connectivity index (χ0v) is 21.4. The molecule has 0 saturated carbocycles. The normalized spacial score (nSPS) is 12.1. The molecule has 0 aliphatic heterocycles. The van der Waals surface area contributed by atoms with Gasteiger partial charge in [0.25, 0.3) is 0 Å². The van der Waals surface area contributed by atoms with E-state index in [4.69, 9.17) is 14.7 Å². The topological polar surface area (TPSA) is 78.3 Å². The van der Waals surface area contributed by atoms with Crippen molar-refractivity contribution in [1.82, 2.24) is 9.47 Å². The largest absolute Gasteiger partial charge is 0.497 e. The van der Waals surface area contributed by atoms with Crippen molar-refractivity contribution in [2.45, 2.75) is 6.92 Å². The summed E-state index contributed by atoms with van der Waals surface area (Å²) in [4.78, 5) is 17.3. The molecule has 7 nitrogen and oxygen atoms in total. The molecule has 180 valence electrons. The number of aryl methyl sites for hydroxylation is 1. The van der Waals surface area contributed by atoms with Crippen LogP contribution in [0.2, 0.25) is 0 Å². The van der Waals surface area contributed by atoms with Crippen molar-refractivity contribution in [1.29, 1.82) is 5.26 Å². The number of thiazole rings is 1. The van der Waals surface area contributed by atoms with Gasteiger partial charge in [0.2, 0.25) is 0 Å². The number of nitriles is 1. The van der Waals surface area contributed by atoms with E-state index in [0.29, 0.717) is 21.3 Å². The monoisotopic (exact) mass is 494 g/mol. The number of aliphatic imine (C=N–C) groups is 2. The van der Waals surface area contributed by atoms with Gasteiger partial charge in [-0.3, -0.25) is 4.57 Å². The molecule has 0 saturated heterocycles. The molecule has 0 atom stereocenters. The molecule has 0 unspecified atom stereocenters. The lowest BCUT2D eigenvalue weighted by Crippen LogP contribution is -2.16. The summed E-state index contributed by atoms with van der Waals surface area (Å²) in [7, 11) is 5.39. The summed E-state index contributed by atoms with van der Waals surface area (Å²) in [5.74, 6) is 1.78. The Hall–Kier alpha value is -4.48. The van der Waals surface area contributed by atoms with Gasteiger partial charge < -0.3 is 9.64 Å². The summed E-state index contributed by atoms with van der Waals surface area (Å²) in [6, 6.07) is 27.6. The molecule has 0 fully saturated rings. The molecule has 4 rings (SSSR count). The molecule has 1 heterocycles. The molecular formula is C28H26N6OS. The third kappa shape index (κ3) is 5.77. The van der Waals surface area contributed by atoms with Crippen molar-refractivity contribution in [3.05, 3.63) is 99.7 Å². The van der Waals surface area contributed by atoms with Gasteiger partial charge in [0.1, 0.15) is 11.8 Å². The Labute approximate surface area is 214 Å². The second-order valence-corrected chi connectivity index (χ2v) is 9.12. The van der Waals surface area contributed by atoms with Crippen molar-refractivity contribution in [3.63, 3.8) is 0 Å². The number of benzene rings is 3. The Balaban J connectivity index is 2.00. The third-order valence-corrected chi connectivity index (χ3v) is 6.08. The molecule has 0 radical (unpaired) electrons. The van der Waals surface area contributed by atoms with Crippen LogP contribution in [0.1, 0.15) is 16.0 Å². The van der Waals surface area contributed by atoms with Crippen molar-refractivity contribution >= 4 is 35.0 Å². The highest BCUT2D eigenvalue weighted by molar-refractivity contribution is 7.10. The van der Waals surface area contributed by atoms with Crippen LogP contribution in [0.15, 0.2) is 93.8 Å². The van der Waals surface area contributed by atoms with Crippen LogP contribution in [0, 0.1) is 18.3 Å². The number of amidine groups is 1. The Bertz CT molecular complexity index is 1490. The first-order valence-electron chi connectivity index (χ1n) is 11.2. The van der Waals surface area contributed by atoms with Crippen LogP contribution in [0.5, 0.6) is 5.75 Å². The van der Waals surface area contributed by atoms with Gasteiger partial charge in [-0.25, -0.2) is 15.0 Å². The van der Waals surface area contributed by atoms with E-state index in [1.807, 2.05) is 109 Å². The molecule has 0 N–H and O–H groups in total. The number of hydrogen-bond donors (Lipinski definition) is 0. The van der Waals surface area contributed by atoms with E-state index in [1.165, 1.54) is 11.3 Å². The van der Waals surface area contributed by atoms with Crippen LogP contribution >= 0.6 is 11.3 Å². The van der Waals surface area contributed by atoms with E-state index in [2.05, 4.69) is 11.1 Å². The summed E-state index contributed by atoms with van der Waals surface area (Å²) < 4.78 is 7.20. The van der Waals surface area contributed by atoms with Crippen molar-refractivity contribution in [2.24, 2.45) is 15.0 Å². The van der Waals surface area contributed by atoms with Crippen LogP contribution in [-0.2, 0) is 0 Å². The first-order valence-corrected chi connectivity index (χ1v) is 12.1. The van der Waals surface area contributed by atoms with Crippen molar-refractivity contribution < 1.29 is 4.74 Å². The molecule has 4 aromatic rings. The number of ether oxygens (including phenoxy) is 1. The van der Waals surface area contributed by atoms with Gasteiger partial charge in [0.15, 0.2) is 21.3 Å². The highest BCUT2D eigenvalue weighted by Crippen LogP contribution is 2.26. The van der Waals surface area contributed by atoms with E-state index >= 15 is 0 Å². The number of aromatic nitrogens is 1. The summed E-state index contributed by atoms with van der Waals surface area (Å²) >= 11 is 1.27. The van der Waals surface area contributed by atoms with Crippen LogP contribution in [0.3, 0.4) is 0 Å². The van der Waals surface area contributed by atoms with Gasteiger partial charge in [0.05, 0.1) is 24.8 Å². The zero-order valence-electron chi connectivity index (χ0n) is 20.6. The summed E-state index contributed by atoms with van der Waals surface area (Å²) in [5.41, 5.74) is 3.61. The lowest BCUT2D eigenvalue weighted by atomic mass is 10.1. The first-order chi connectivity index (χ1) is 17.5. The Kier molecular flexibility index (Phi) is 7.73. The fourth-order valence-corrected chi connectivity index (χ4v) is 4.22. The Morgan fingerprint density at radius 1 is 1.00 bits per heavy atom. The quantitative estimate of drug-likeness (QED) is 0.257. The summed E-state index contributed by atoms with van der Waals surface area (Å²) in [6.07, 6.45) is 1.67. The van der Waals surface area contributed by atoms with E-state index < -0.39 is 0 Å². The van der Waals surface area contributed by atoms with Gasteiger partial charge in [-0.15, -0.1) is 0 Å². The molecule has 3 aromatic carbocycles. The van der Waals surface area contributed by atoms with E-state index in [9.17, 15) is 5.26 Å². The minimum absolute atomic E-state index is 0.450. The smallest absolute Gasteiger partial charge is 0.199 e. The molecule has 0 bridgehead atoms. The Morgan fingerprint density at radius 2 is 1.69 bits per heavy atom. The van der Waals surface area contributed by atoms with Gasteiger partial charge in [-0.1, -0.05) is 59.4 Å². The standard InChI is InChI=1S/C28H26N6OS/c1-20-10-12-21(13-11-20)26(31-22-8-6-5-7-9-22)32-28-34(23-14-16-24(35-4)17-15-23)27(25(18-29)36-28)30-19-33(2)3/h5-17,19H,1-4H3/b30-19+,31-26?,32-28?. The van der Waals surface area contributed by atoms with Gasteiger partial charge >= 0.3 is 0 Å². The van der Waals surface area contributed by atoms with Crippen LogP contribution in [-0.4, -0.2) is 42.8 Å². The SMILES string of the molecule is COc1ccc(-n2c(/N=C/N(C)C)c(C#N)sc2=NC(=Nc2ccccc2)c2ccc(C)cc2)cc1. The molecule has 0 aliphatic rings. The number of para-hydroxylation sites is 1. The average Bonchev–Trinajstić information content (AvgIpc) is 3.25. The maximum absolute atomic E-state index is 9.94. The molecular weight excluding hydrogens is 468 g/mol. The van der Waals surface area contributed by atoms with Crippen LogP contribution in [0.25, 0.3) is 5.69 Å². The van der Waals surface area contributed by atoms with Crippen molar-refractivity contribution in [3.8, 4) is 17.5 Å². The fourth-order valence-electron chi connectivity index (χ4n) is 3.34. The molecule has 8 heteroatoms. The van der Waals surface area contributed by atoms with Gasteiger partial charge in [-0.2, -0.15) is 5.26 Å². The minimum atomic E-state index is 0.450. The summed E-state index contributed by atoms with van der Waals surface area (Å²) in [5, 5.41) is 9.94. The molecule has 36 heavy (non-hydrogen) atoms. The predicted octanol–water partition coefficient (Wildman–Crippen LogP) is 5.63. The van der Waals surface area contributed by atoms with Gasteiger partial charge in [0, 0.05) is 19.7 Å². The number of hydrogen-bond acceptors (Lipinski definition) is 5. The van der Waals surface area contributed by atoms with Crippen molar-refractivity contribution in [2.75, 3.05) is 21.2 Å². The van der Waals surface area contributed by atoms with Crippen LogP contribution in [0.4, 0.5) is 11.5 Å². The second kappa shape index (κ2) is 11.3. The number of nitrogens with zero attached hydrogens (tertiary/aromatic N) is 6. The lowest BCUT2D eigenvalue weighted by Gasteiger charge is -2.09. The van der Waals surface area contributed by atoms with E-state index in [1.54, 1.807) is 13.4 Å². The number of rotatable bonds is 6. The molecule has 1 aromatic heterocycles. The average molecular weight is 495 g/mol. The highest BCUT2D eigenvalue weighted by Gasteiger charge is 2.16. The second-order valence-electron chi connectivity index (χ2n) is 8.14. The predicted molar refractivity (Wildman–Crippen MR) is 146 cm³/mol. The molecule has 0 amide bonds. The minimum Gasteiger partial charge on any atom is -0.497 e. The number of methoxy groups -OCH3 is 1.